The molecule has 0 aliphatic rings. The third-order valence-electron chi connectivity index (χ3n) is 4.62. The molecule has 1 amide bonds. The highest BCUT2D eigenvalue weighted by Crippen LogP contribution is 2.26. The summed E-state index contributed by atoms with van der Waals surface area (Å²) in [5.41, 5.74) is 0.0852. The number of carbonyl (C=O) groups excluding carboxylic acids is 1. The number of aromatic nitrogens is 4. The number of nitrogens with one attached hydrogen (secondary N) is 1. The van der Waals surface area contributed by atoms with E-state index in [9.17, 15) is 19.3 Å². The molecule has 0 unspecified atom stereocenters. The van der Waals surface area contributed by atoms with Gasteiger partial charge in [0.2, 0.25) is 0 Å². The number of hydrogen-bond acceptors (Lipinski definition) is 6. The second-order valence-electron chi connectivity index (χ2n) is 6.92. The molecule has 2 aromatic carbocycles. The van der Waals surface area contributed by atoms with E-state index in [-0.39, 0.29) is 51.8 Å². The monoisotopic (exact) mass is 504 g/mol. The van der Waals surface area contributed by atoms with Crippen molar-refractivity contribution in [1.29, 1.82) is 0 Å². The summed E-state index contributed by atoms with van der Waals surface area (Å²) in [7, 11) is 0. The Morgan fingerprint density at radius 1 is 1.09 bits per heavy atom. The van der Waals surface area contributed by atoms with Crippen LogP contribution in [0.5, 0.6) is 5.75 Å². The number of hydrogen-bond donors (Lipinski definition) is 1. The van der Waals surface area contributed by atoms with Crippen LogP contribution in [-0.2, 0) is 13.3 Å². The quantitative estimate of drug-likeness (QED) is 0.272. The van der Waals surface area contributed by atoms with E-state index >= 15 is 0 Å². The summed E-state index contributed by atoms with van der Waals surface area (Å²) >= 11 is 12.2. The van der Waals surface area contributed by atoms with Gasteiger partial charge in [-0.25, -0.2) is 9.07 Å². The van der Waals surface area contributed by atoms with Gasteiger partial charge in [-0.2, -0.15) is 10.2 Å². The Kier molecular flexibility index (Phi) is 6.75. The summed E-state index contributed by atoms with van der Waals surface area (Å²) in [6.45, 7) is -0.143. The van der Waals surface area contributed by atoms with E-state index in [1.165, 1.54) is 58.2 Å². The molecule has 10 nitrogen and oxygen atoms in total. The average molecular weight is 505 g/mol. The second kappa shape index (κ2) is 9.89. The second-order valence-corrected chi connectivity index (χ2v) is 7.73. The fourth-order valence-corrected chi connectivity index (χ4v) is 3.42. The molecule has 0 bridgehead atoms. The Hall–Kier alpha value is -3.96. The van der Waals surface area contributed by atoms with Crippen LogP contribution in [0.2, 0.25) is 10.0 Å². The number of rotatable bonds is 8. The summed E-state index contributed by atoms with van der Waals surface area (Å²) in [6.07, 6.45) is 2.91. The molecule has 1 N–H and O–H groups in total. The van der Waals surface area contributed by atoms with Crippen LogP contribution in [0.4, 0.5) is 15.9 Å². The Morgan fingerprint density at radius 2 is 1.88 bits per heavy atom. The first-order valence-corrected chi connectivity index (χ1v) is 10.4. The Bertz CT molecular complexity index is 1350. The maximum Gasteiger partial charge on any atom is 0.311 e. The van der Waals surface area contributed by atoms with Crippen molar-refractivity contribution in [3.05, 3.63) is 98.2 Å². The number of halogens is 3. The Balaban J connectivity index is 1.41. The molecule has 0 saturated carbocycles. The highest BCUT2D eigenvalue weighted by Gasteiger charge is 2.17. The number of ether oxygens (including phenoxy) is 1. The van der Waals surface area contributed by atoms with Gasteiger partial charge in [-0.05, 0) is 24.3 Å². The van der Waals surface area contributed by atoms with E-state index < -0.39 is 16.6 Å². The van der Waals surface area contributed by atoms with Gasteiger partial charge >= 0.3 is 5.69 Å². The van der Waals surface area contributed by atoms with Crippen LogP contribution in [0.15, 0.2) is 60.9 Å². The first-order chi connectivity index (χ1) is 16.3. The van der Waals surface area contributed by atoms with Crippen molar-refractivity contribution in [3.63, 3.8) is 0 Å². The fourth-order valence-electron chi connectivity index (χ4n) is 3.00. The van der Waals surface area contributed by atoms with Crippen molar-refractivity contribution in [2.45, 2.75) is 13.3 Å². The van der Waals surface area contributed by atoms with Crippen molar-refractivity contribution < 1.29 is 18.8 Å². The zero-order chi connectivity index (χ0) is 24.2. The van der Waals surface area contributed by atoms with Crippen LogP contribution in [0.25, 0.3) is 0 Å². The van der Waals surface area contributed by atoms with E-state index in [0.29, 0.717) is 0 Å². The van der Waals surface area contributed by atoms with Gasteiger partial charge < -0.3 is 10.1 Å². The number of nitro benzene ring substituents is 1. The highest BCUT2D eigenvalue weighted by molar-refractivity contribution is 6.33. The molecular weight excluding hydrogens is 490 g/mol. The van der Waals surface area contributed by atoms with Gasteiger partial charge in [0, 0.05) is 29.0 Å². The molecule has 0 atom stereocenters. The van der Waals surface area contributed by atoms with E-state index in [1.54, 1.807) is 12.1 Å². The van der Waals surface area contributed by atoms with Crippen LogP contribution >= 0.6 is 23.2 Å². The van der Waals surface area contributed by atoms with Gasteiger partial charge in [0.25, 0.3) is 5.91 Å². The molecule has 0 radical (unpaired) electrons. The number of nitrogens with zero attached hydrogens (tertiary/aromatic N) is 5. The SMILES string of the molecule is O=C(Nc1nn(Cc2c(F)cccc2Cl)cc1Cl)c1ccn(COc2ccccc2[N+](=O)[O-])n1. The Labute approximate surface area is 201 Å². The summed E-state index contributed by atoms with van der Waals surface area (Å²) in [5, 5.41) is 22.2. The first-order valence-electron chi connectivity index (χ1n) is 9.68. The lowest BCUT2D eigenvalue weighted by atomic mass is 10.2. The van der Waals surface area contributed by atoms with Crippen LogP contribution < -0.4 is 10.1 Å². The summed E-state index contributed by atoms with van der Waals surface area (Å²) in [4.78, 5) is 23.1. The van der Waals surface area contributed by atoms with Crippen LogP contribution in [-0.4, -0.2) is 30.4 Å². The summed E-state index contributed by atoms with van der Waals surface area (Å²) in [5.74, 6) is -0.954. The van der Waals surface area contributed by atoms with Gasteiger partial charge in [0.1, 0.15) is 10.8 Å². The minimum Gasteiger partial charge on any atom is -0.464 e. The minimum absolute atomic E-state index is 0.0126. The largest absolute Gasteiger partial charge is 0.464 e. The molecule has 174 valence electrons. The summed E-state index contributed by atoms with van der Waals surface area (Å²) < 4.78 is 22.1. The van der Waals surface area contributed by atoms with Gasteiger partial charge in [0.15, 0.2) is 24.0 Å². The van der Waals surface area contributed by atoms with E-state index in [2.05, 4.69) is 15.5 Å². The molecule has 4 aromatic rings. The van der Waals surface area contributed by atoms with E-state index in [4.69, 9.17) is 27.9 Å². The summed E-state index contributed by atoms with van der Waals surface area (Å²) in [6, 6.07) is 11.7. The van der Waals surface area contributed by atoms with Crippen molar-refractivity contribution in [1.82, 2.24) is 19.6 Å². The molecule has 2 aromatic heterocycles. The molecular formula is C21H15Cl2FN6O4. The highest BCUT2D eigenvalue weighted by atomic mass is 35.5. The molecule has 13 heteroatoms. The lowest BCUT2D eigenvalue weighted by Gasteiger charge is -2.06. The number of anilines is 1. The molecule has 0 aliphatic heterocycles. The molecule has 0 spiro atoms. The molecule has 0 fully saturated rings. The molecule has 4 rings (SSSR count). The van der Waals surface area contributed by atoms with E-state index in [1.807, 2.05) is 0 Å². The third-order valence-corrected chi connectivity index (χ3v) is 5.25. The van der Waals surface area contributed by atoms with Crippen LogP contribution in [0.3, 0.4) is 0 Å². The molecule has 2 heterocycles. The topological polar surface area (TPSA) is 117 Å². The predicted octanol–water partition coefficient (Wildman–Crippen LogP) is 4.77. The number of carbonyl (C=O) groups is 1. The lowest BCUT2D eigenvalue weighted by molar-refractivity contribution is -0.386. The number of nitro groups is 1. The van der Waals surface area contributed by atoms with Gasteiger partial charge in [-0.3, -0.25) is 19.6 Å². The zero-order valence-corrected chi connectivity index (χ0v) is 18.7. The van der Waals surface area contributed by atoms with Gasteiger partial charge in [-0.15, -0.1) is 0 Å². The number of para-hydroxylation sites is 2. The van der Waals surface area contributed by atoms with Gasteiger partial charge in [0.05, 0.1) is 11.5 Å². The van der Waals surface area contributed by atoms with Crippen molar-refractivity contribution in [2.75, 3.05) is 5.32 Å². The van der Waals surface area contributed by atoms with Gasteiger partial charge in [-0.1, -0.05) is 41.4 Å². The first kappa shape index (κ1) is 23.2. The normalized spacial score (nSPS) is 10.8. The minimum atomic E-state index is -0.597. The Morgan fingerprint density at radius 3 is 2.65 bits per heavy atom. The molecule has 0 aliphatic carbocycles. The predicted molar refractivity (Wildman–Crippen MR) is 122 cm³/mol. The molecule has 34 heavy (non-hydrogen) atoms. The van der Waals surface area contributed by atoms with Crippen molar-refractivity contribution in [2.24, 2.45) is 0 Å². The van der Waals surface area contributed by atoms with E-state index in [0.717, 1.165) is 0 Å². The maximum absolute atomic E-state index is 14.0. The van der Waals surface area contributed by atoms with Crippen LogP contribution in [0, 0.1) is 15.9 Å². The average Bonchev–Trinajstić information content (AvgIpc) is 3.42. The zero-order valence-electron chi connectivity index (χ0n) is 17.2. The third kappa shape index (κ3) is 5.16. The molecule has 0 saturated heterocycles. The lowest BCUT2D eigenvalue weighted by Crippen LogP contribution is -2.15. The number of amides is 1. The van der Waals surface area contributed by atoms with Crippen molar-refractivity contribution in [3.8, 4) is 5.75 Å². The van der Waals surface area contributed by atoms with Crippen molar-refractivity contribution >= 4 is 40.6 Å². The van der Waals surface area contributed by atoms with Crippen LogP contribution in [0.1, 0.15) is 16.1 Å². The number of benzene rings is 2. The smallest absolute Gasteiger partial charge is 0.311 e. The maximum atomic E-state index is 14.0. The fraction of sp³-hybridized carbons (Fsp3) is 0.0952. The standard InChI is InChI=1S/C21H15Cl2FN6O4/c22-14-4-3-5-16(24)13(14)10-29-11-15(23)20(27-29)25-21(31)17-8-9-28(26-17)12-34-19-7-2-1-6-18(19)30(32)33/h1-9,11H,10,12H2,(H,25,27,31).